The number of rotatable bonds is 5. The molecule has 3 heterocycles. The smallest absolute Gasteiger partial charge is 0.0572 e. The maximum Gasteiger partial charge on any atom is 0.0572 e. The van der Waals surface area contributed by atoms with Gasteiger partial charge >= 0.3 is 0 Å². The first kappa shape index (κ1) is 18.4. The van der Waals surface area contributed by atoms with Gasteiger partial charge in [0.15, 0.2) is 0 Å². The van der Waals surface area contributed by atoms with Crippen molar-refractivity contribution in [2.45, 2.75) is 32.5 Å². The van der Waals surface area contributed by atoms with E-state index in [1.54, 1.807) is 5.56 Å². The third-order valence-corrected chi connectivity index (χ3v) is 5.81. The van der Waals surface area contributed by atoms with E-state index in [9.17, 15) is 0 Å². The van der Waals surface area contributed by atoms with Crippen molar-refractivity contribution in [3.05, 3.63) is 58.9 Å². The number of likely N-dealkylation sites (N-methyl/N-ethyl adjacent to an activating group) is 1. The highest BCUT2D eigenvalue weighted by Crippen LogP contribution is 2.28. The summed E-state index contributed by atoms with van der Waals surface area (Å²) < 4.78 is 0. The molecule has 2 aliphatic heterocycles. The fourth-order valence-corrected chi connectivity index (χ4v) is 4.31. The van der Waals surface area contributed by atoms with E-state index in [4.69, 9.17) is 0 Å². The van der Waals surface area contributed by atoms with Crippen molar-refractivity contribution in [3.63, 3.8) is 0 Å². The Morgan fingerprint density at radius 1 is 1.19 bits per heavy atom. The lowest BCUT2D eigenvalue weighted by molar-refractivity contribution is 0.271. The molecule has 144 valence electrons. The molecule has 2 aromatic rings. The zero-order valence-electron chi connectivity index (χ0n) is 16.5. The van der Waals surface area contributed by atoms with E-state index in [1.807, 2.05) is 12.3 Å². The van der Waals surface area contributed by atoms with E-state index in [2.05, 4.69) is 63.7 Å². The maximum absolute atomic E-state index is 4.55. The SMILES string of the molecule is Cc1cccnc1CN(C)CC1Cc2c(cccc2N2CCNCC2)CN1. The molecule has 1 fully saturated rings. The number of benzene rings is 1. The Kier molecular flexibility index (Phi) is 5.72. The summed E-state index contributed by atoms with van der Waals surface area (Å²) in [4.78, 5) is 9.50. The van der Waals surface area contributed by atoms with Gasteiger partial charge in [0.25, 0.3) is 0 Å². The highest BCUT2D eigenvalue weighted by Gasteiger charge is 2.24. The molecule has 0 radical (unpaired) electrons. The Balaban J connectivity index is 1.44. The van der Waals surface area contributed by atoms with Crippen molar-refractivity contribution in [3.8, 4) is 0 Å². The number of aryl methyl sites for hydroxylation is 1. The van der Waals surface area contributed by atoms with Crippen molar-refractivity contribution in [2.75, 3.05) is 44.7 Å². The van der Waals surface area contributed by atoms with Gasteiger partial charge in [-0.2, -0.15) is 0 Å². The van der Waals surface area contributed by atoms with E-state index >= 15 is 0 Å². The number of hydrogen-bond donors (Lipinski definition) is 2. The van der Waals surface area contributed by atoms with Gasteiger partial charge in [0.1, 0.15) is 0 Å². The van der Waals surface area contributed by atoms with E-state index in [-0.39, 0.29) is 0 Å². The van der Waals surface area contributed by atoms with E-state index < -0.39 is 0 Å². The van der Waals surface area contributed by atoms with E-state index in [0.717, 1.165) is 52.2 Å². The normalized spacial score (nSPS) is 20.0. The van der Waals surface area contributed by atoms with Crippen molar-refractivity contribution in [2.24, 2.45) is 0 Å². The maximum atomic E-state index is 4.55. The Hall–Kier alpha value is -1.95. The highest BCUT2D eigenvalue weighted by atomic mass is 15.2. The lowest BCUT2D eigenvalue weighted by atomic mass is 9.93. The molecular formula is C22H31N5. The van der Waals surface area contributed by atoms with Gasteiger partial charge in [0, 0.05) is 63.7 Å². The van der Waals surface area contributed by atoms with Crippen LogP contribution in [-0.2, 0) is 19.5 Å². The Morgan fingerprint density at radius 3 is 2.85 bits per heavy atom. The molecule has 0 saturated carbocycles. The van der Waals surface area contributed by atoms with Gasteiger partial charge in [-0.15, -0.1) is 0 Å². The van der Waals surface area contributed by atoms with Crippen LogP contribution in [0.3, 0.4) is 0 Å². The van der Waals surface area contributed by atoms with Crippen molar-refractivity contribution < 1.29 is 0 Å². The summed E-state index contributed by atoms with van der Waals surface area (Å²) in [6, 6.07) is 11.4. The lowest BCUT2D eigenvalue weighted by Crippen LogP contribution is -2.46. The van der Waals surface area contributed by atoms with Gasteiger partial charge in [0.2, 0.25) is 0 Å². The quantitative estimate of drug-likeness (QED) is 0.848. The van der Waals surface area contributed by atoms with Crippen molar-refractivity contribution >= 4 is 5.69 Å². The van der Waals surface area contributed by atoms with E-state index in [1.165, 1.54) is 22.5 Å². The zero-order valence-corrected chi connectivity index (χ0v) is 16.5. The van der Waals surface area contributed by atoms with Crippen LogP contribution in [0.2, 0.25) is 0 Å². The second-order valence-electron chi connectivity index (χ2n) is 7.90. The second kappa shape index (κ2) is 8.38. The van der Waals surface area contributed by atoms with Gasteiger partial charge < -0.3 is 15.5 Å². The van der Waals surface area contributed by atoms with Crippen LogP contribution in [0.4, 0.5) is 5.69 Å². The summed E-state index contributed by atoms with van der Waals surface area (Å²) in [6.07, 6.45) is 2.99. The molecule has 0 amide bonds. The van der Waals surface area contributed by atoms with Crippen LogP contribution in [0.1, 0.15) is 22.4 Å². The molecule has 1 saturated heterocycles. The third-order valence-electron chi connectivity index (χ3n) is 5.81. The monoisotopic (exact) mass is 365 g/mol. The summed E-state index contributed by atoms with van der Waals surface area (Å²) in [6.45, 7) is 9.42. The lowest BCUT2D eigenvalue weighted by Gasteiger charge is -2.36. The van der Waals surface area contributed by atoms with Gasteiger partial charge in [-0.25, -0.2) is 0 Å². The molecule has 1 aromatic carbocycles. The molecule has 1 aromatic heterocycles. The van der Waals surface area contributed by atoms with Gasteiger partial charge in [-0.3, -0.25) is 9.88 Å². The van der Waals surface area contributed by atoms with Crippen molar-refractivity contribution in [1.29, 1.82) is 0 Å². The average molecular weight is 366 g/mol. The van der Waals surface area contributed by atoms with Crippen LogP contribution in [0, 0.1) is 6.92 Å². The van der Waals surface area contributed by atoms with Gasteiger partial charge in [-0.1, -0.05) is 18.2 Å². The minimum atomic E-state index is 0.482. The van der Waals surface area contributed by atoms with Gasteiger partial charge in [-0.05, 0) is 49.2 Å². The fourth-order valence-electron chi connectivity index (χ4n) is 4.31. The summed E-state index contributed by atoms with van der Waals surface area (Å²) >= 11 is 0. The largest absolute Gasteiger partial charge is 0.369 e. The van der Waals surface area contributed by atoms with Crippen LogP contribution in [0.25, 0.3) is 0 Å². The Bertz CT molecular complexity index is 769. The first-order valence-corrected chi connectivity index (χ1v) is 10.1. The molecule has 1 unspecified atom stereocenters. The Morgan fingerprint density at radius 2 is 2.04 bits per heavy atom. The molecule has 0 spiro atoms. The third kappa shape index (κ3) is 4.32. The Labute approximate surface area is 162 Å². The van der Waals surface area contributed by atoms with Crippen LogP contribution >= 0.6 is 0 Å². The fraction of sp³-hybridized carbons (Fsp3) is 0.500. The van der Waals surface area contributed by atoms with Crippen molar-refractivity contribution in [1.82, 2.24) is 20.5 Å². The number of aromatic nitrogens is 1. The number of nitrogens with zero attached hydrogens (tertiary/aromatic N) is 3. The summed E-state index contributed by atoms with van der Waals surface area (Å²) in [5.74, 6) is 0. The first-order chi connectivity index (χ1) is 13.2. The molecule has 2 aliphatic rings. The van der Waals surface area contributed by atoms with Gasteiger partial charge in [0.05, 0.1) is 5.69 Å². The average Bonchev–Trinajstić information content (AvgIpc) is 2.70. The highest BCUT2D eigenvalue weighted by molar-refractivity contribution is 5.58. The number of pyridine rings is 1. The number of fused-ring (bicyclic) bond motifs is 1. The predicted octanol–water partition coefficient (Wildman–Crippen LogP) is 1.95. The number of hydrogen-bond acceptors (Lipinski definition) is 5. The molecule has 5 heteroatoms. The summed E-state index contributed by atoms with van der Waals surface area (Å²) in [5.41, 5.74) is 6.91. The number of piperazine rings is 1. The second-order valence-corrected chi connectivity index (χ2v) is 7.90. The predicted molar refractivity (Wildman–Crippen MR) is 111 cm³/mol. The molecule has 4 rings (SSSR count). The molecular weight excluding hydrogens is 334 g/mol. The van der Waals surface area contributed by atoms with E-state index in [0.29, 0.717) is 6.04 Å². The zero-order chi connectivity index (χ0) is 18.6. The van der Waals surface area contributed by atoms with Crippen LogP contribution < -0.4 is 15.5 Å². The van der Waals surface area contributed by atoms with Crippen LogP contribution in [-0.4, -0.2) is 55.7 Å². The van der Waals surface area contributed by atoms with Crippen LogP contribution in [0.15, 0.2) is 36.5 Å². The molecule has 0 bridgehead atoms. The summed E-state index contributed by atoms with van der Waals surface area (Å²) in [7, 11) is 2.20. The van der Waals surface area contributed by atoms with Crippen LogP contribution in [0.5, 0.6) is 0 Å². The standard InChI is InChI=1S/C22H31N5/c1-17-5-4-8-24-21(17)16-26(2)15-19-13-20-18(14-25-19)6-3-7-22(20)27-11-9-23-10-12-27/h3-8,19,23,25H,9-16H2,1-2H3. The molecule has 27 heavy (non-hydrogen) atoms. The summed E-state index contributed by atoms with van der Waals surface area (Å²) in [5, 5.41) is 7.20. The topological polar surface area (TPSA) is 43.4 Å². The molecule has 0 aliphatic carbocycles. The molecule has 2 N–H and O–H groups in total. The first-order valence-electron chi connectivity index (χ1n) is 10.1. The molecule has 1 atom stereocenters. The number of anilines is 1. The number of nitrogens with one attached hydrogen (secondary N) is 2. The molecule has 5 nitrogen and oxygen atoms in total. The minimum Gasteiger partial charge on any atom is -0.369 e. The minimum absolute atomic E-state index is 0.482.